The van der Waals surface area contributed by atoms with Crippen molar-refractivity contribution in [3.63, 3.8) is 0 Å². The Balaban J connectivity index is 2.59. The van der Waals surface area contributed by atoms with Crippen LogP contribution < -0.4 is 11.0 Å². The average Bonchev–Trinajstić information content (AvgIpc) is 2.68. The van der Waals surface area contributed by atoms with Crippen molar-refractivity contribution in [1.82, 2.24) is 9.55 Å². The highest BCUT2D eigenvalue weighted by molar-refractivity contribution is 5.87. The maximum absolute atomic E-state index is 12.7. The molecule has 14 nitrogen and oxygen atoms in total. The number of carbonyl (C=O) groups is 5. The Morgan fingerprint density at radius 3 is 1.97 bits per heavy atom. The standard InChI is InChI=1S/C20H25N3O11/c1-9(24)21-15-6-7-23(20(29)22-15)19-18(33-13(5)28)17(32-12(4)27)16(31-11(3)26)14(34-19)8-30-10(2)25/h6-7,14,16-19H,8H2,1-5H3,(H,21,22,24,29)/t14-,16+,17+,18-,19+/m0/s1. The summed E-state index contributed by atoms with van der Waals surface area (Å²) in [5.74, 6) is -3.58. The van der Waals surface area contributed by atoms with E-state index in [-0.39, 0.29) is 5.82 Å². The van der Waals surface area contributed by atoms with Gasteiger partial charge in [-0.25, -0.2) is 4.79 Å². The first-order valence-corrected chi connectivity index (χ1v) is 10.1. The normalized spacial score (nSPS) is 23.9. The summed E-state index contributed by atoms with van der Waals surface area (Å²) >= 11 is 0. The van der Waals surface area contributed by atoms with E-state index >= 15 is 0 Å². The summed E-state index contributed by atoms with van der Waals surface area (Å²) in [7, 11) is 0. The van der Waals surface area contributed by atoms with E-state index in [1.54, 1.807) is 0 Å². The van der Waals surface area contributed by atoms with Crippen molar-refractivity contribution >= 4 is 35.6 Å². The molecule has 2 heterocycles. The van der Waals surface area contributed by atoms with Gasteiger partial charge in [0.2, 0.25) is 5.91 Å². The Hall–Kier alpha value is -3.81. The Morgan fingerprint density at radius 2 is 1.47 bits per heavy atom. The molecule has 1 aromatic rings. The molecule has 1 amide bonds. The maximum atomic E-state index is 12.7. The van der Waals surface area contributed by atoms with Crippen LogP contribution in [0.3, 0.4) is 0 Å². The third-order valence-corrected chi connectivity index (χ3v) is 4.37. The number of nitrogens with zero attached hydrogens (tertiary/aromatic N) is 2. The van der Waals surface area contributed by atoms with Crippen LogP contribution in [0.2, 0.25) is 0 Å². The SMILES string of the molecule is CC(=O)Nc1ccn([C@@H]2O[C@@H](COC(C)=O)[C@@H](OC(C)=O)[C@@H](OC(C)=O)[C@@H]2OC(C)=O)c(=O)n1. The molecule has 0 saturated carbocycles. The van der Waals surface area contributed by atoms with Gasteiger partial charge in [-0.3, -0.25) is 28.5 Å². The molecule has 0 unspecified atom stereocenters. The average molecular weight is 483 g/mol. The predicted octanol–water partition coefficient (Wildman–Crippen LogP) is -0.543. The van der Waals surface area contributed by atoms with Gasteiger partial charge in [0.15, 0.2) is 24.5 Å². The second-order valence-electron chi connectivity index (χ2n) is 7.27. The largest absolute Gasteiger partial charge is 0.463 e. The third-order valence-electron chi connectivity index (χ3n) is 4.37. The van der Waals surface area contributed by atoms with Crippen LogP contribution in [0.4, 0.5) is 5.82 Å². The first-order valence-electron chi connectivity index (χ1n) is 10.1. The molecule has 0 spiro atoms. The monoisotopic (exact) mass is 483 g/mol. The number of anilines is 1. The number of rotatable bonds is 7. The minimum atomic E-state index is -1.47. The molecule has 14 heteroatoms. The van der Waals surface area contributed by atoms with E-state index in [4.69, 9.17) is 23.7 Å². The molecule has 0 radical (unpaired) electrons. The van der Waals surface area contributed by atoms with Crippen molar-refractivity contribution in [3.05, 3.63) is 22.7 Å². The maximum Gasteiger partial charge on any atom is 0.351 e. The van der Waals surface area contributed by atoms with Crippen molar-refractivity contribution < 1.29 is 47.7 Å². The van der Waals surface area contributed by atoms with Gasteiger partial charge in [-0.1, -0.05) is 0 Å². The molecule has 1 aliphatic heterocycles. The molecule has 1 N–H and O–H groups in total. The first-order chi connectivity index (χ1) is 15.9. The molecule has 0 bridgehead atoms. The molecule has 34 heavy (non-hydrogen) atoms. The Bertz CT molecular complexity index is 1020. The van der Waals surface area contributed by atoms with Crippen LogP contribution in [-0.4, -0.2) is 70.4 Å². The highest BCUT2D eigenvalue weighted by atomic mass is 16.7. The summed E-state index contributed by atoms with van der Waals surface area (Å²) in [6.07, 6.45) is -5.72. The number of hydrogen-bond donors (Lipinski definition) is 1. The van der Waals surface area contributed by atoms with Crippen molar-refractivity contribution in [2.24, 2.45) is 0 Å². The van der Waals surface area contributed by atoms with E-state index in [1.807, 2.05) is 0 Å². The Morgan fingerprint density at radius 1 is 0.912 bits per heavy atom. The minimum Gasteiger partial charge on any atom is -0.463 e. The third kappa shape index (κ3) is 7.10. The number of ether oxygens (including phenoxy) is 5. The van der Waals surface area contributed by atoms with Gasteiger partial charge >= 0.3 is 29.6 Å². The molecule has 1 aliphatic rings. The van der Waals surface area contributed by atoms with Gasteiger partial charge in [0.05, 0.1) is 0 Å². The van der Waals surface area contributed by atoms with Crippen molar-refractivity contribution in [2.45, 2.75) is 65.3 Å². The molecule has 0 aliphatic carbocycles. The van der Waals surface area contributed by atoms with Crippen LogP contribution >= 0.6 is 0 Å². The lowest BCUT2D eigenvalue weighted by molar-refractivity contribution is -0.269. The van der Waals surface area contributed by atoms with Crippen molar-refractivity contribution in [1.29, 1.82) is 0 Å². The smallest absolute Gasteiger partial charge is 0.351 e. The van der Waals surface area contributed by atoms with Crippen LogP contribution in [0, 0.1) is 0 Å². The Kier molecular flexibility index (Phi) is 8.83. The lowest BCUT2D eigenvalue weighted by Gasteiger charge is -2.44. The molecule has 2 rings (SSSR count). The summed E-state index contributed by atoms with van der Waals surface area (Å²) in [5, 5.41) is 2.35. The van der Waals surface area contributed by atoms with Crippen LogP contribution in [0.5, 0.6) is 0 Å². The minimum absolute atomic E-state index is 0.0422. The number of hydrogen-bond acceptors (Lipinski definition) is 12. The summed E-state index contributed by atoms with van der Waals surface area (Å²) < 4.78 is 27.7. The van der Waals surface area contributed by atoms with Gasteiger partial charge in [-0.15, -0.1) is 0 Å². The summed E-state index contributed by atoms with van der Waals surface area (Å²) in [6.45, 7) is 5.18. The van der Waals surface area contributed by atoms with E-state index in [2.05, 4.69) is 10.3 Å². The van der Waals surface area contributed by atoms with Gasteiger partial charge in [0.25, 0.3) is 0 Å². The van der Waals surface area contributed by atoms with Gasteiger partial charge < -0.3 is 29.0 Å². The summed E-state index contributed by atoms with van der Waals surface area (Å²) in [6, 6.07) is 1.29. The zero-order valence-electron chi connectivity index (χ0n) is 19.1. The molecule has 1 fully saturated rings. The van der Waals surface area contributed by atoms with Gasteiger partial charge in [-0.2, -0.15) is 4.98 Å². The van der Waals surface area contributed by atoms with E-state index in [0.29, 0.717) is 0 Å². The van der Waals surface area contributed by atoms with E-state index in [0.717, 1.165) is 32.3 Å². The van der Waals surface area contributed by atoms with Crippen molar-refractivity contribution in [3.8, 4) is 0 Å². The first kappa shape index (κ1) is 26.4. The van der Waals surface area contributed by atoms with E-state index in [1.165, 1.54) is 19.2 Å². The second kappa shape index (κ2) is 11.4. The van der Waals surface area contributed by atoms with E-state index < -0.39 is 72.7 Å². The summed E-state index contributed by atoms with van der Waals surface area (Å²) in [5.41, 5.74) is -0.910. The topological polar surface area (TPSA) is 178 Å². The highest BCUT2D eigenvalue weighted by Crippen LogP contribution is 2.34. The lowest BCUT2D eigenvalue weighted by Crippen LogP contribution is -2.61. The molecule has 1 aromatic heterocycles. The number of esters is 4. The van der Waals surface area contributed by atoms with Crippen LogP contribution in [0.25, 0.3) is 0 Å². The fourth-order valence-electron chi connectivity index (χ4n) is 3.29. The Labute approximate surface area is 193 Å². The highest BCUT2D eigenvalue weighted by Gasteiger charge is 2.53. The van der Waals surface area contributed by atoms with Gasteiger partial charge in [-0.05, 0) is 6.07 Å². The zero-order valence-corrected chi connectivity index (χ0v) is 19.1. The van der Waals surface area contributed by atoms with E-state index in [9.17, 15) is 28.8 Å². The molecular weight excluding hydrogens is 458 g/mol. The van der Waals surface area contributed by atoms with Crippen LogP contribution in [0.1, 0.15) is 40.8 Å². The fourth-order valence-corrected chi connectivity index (χ4v) is 3.29. The quantitative estimate of drug-likeness (QED) is 0.387. The number of amides is 1. The molecular formula is C20H25N3O11. The second-order valence-corrected chi connectivity index (χ2v) is 7.27. The molecule has 186 valence electrons. The predicted molar refractivity (Wildman–Crippen MR) is 110 cm³/mol. The molecule has 5 atom stereocenters. The van der Waals surface area contributed by atoms with Gasteiger partial charge in [0.1, 0.15) is 18.5 Å². The number of nitrogens with one attached hydrogen (secondary N) is 1. The number of carbonyl (C=O) groups excluding carboxylic acids is 5. The fraction of sp³-hybridized carbons (Fsp3) is 0.550. The number of aromatic nitrogens is 2. The van der Waals surface area contributed by atoms with Gasteiger partial charge in [0, 0.05) is 40.8 Å². The molecule has 1 saturated heterocycles. The molecule has 0 aromatic carbocycles. The zero-order chi connectivity index (χ0) is 25.6. The lowest BCUT2D eigenvalue weighted by atomic mass is 9.97. The van der Waals surface area contributed by atoms with Crippen LogP contribution in [-0.2, 0) is 47.7 Å². The summed E-state index contributed by atoms with van der Waals surface area (Å²) in [4.78, 5) is 74.5. The van der Waals surface area contributed by atoms with Crippen molar-refractivity contribution in [2.75, 3.05) is 11.9 Å². The van der Waals surface area contributed by atoms with Crippen LogP contribution in [0.15, 0.2) is 17.1 Å².